The molecule has 2 atom stereocenters. The molecule has 4 aromatic rings. The van der Waals surface area contributed by atoms with E-state index in [1.807, 2.05) is 48.5 Å². The van der Waals surface area contributed by atoms with Crippen molar-refractivity contribution in [2.75, 3.05) is 14.2 Å². The molecular formula is C40H37F3O6. The zero-order chi connectivity index (χ0) is 35.8. The van der Waals surface area contributed by atoms with Crippen LogP contribution in [-0.4, -0.2) is 31.3 Å². The van der Waals surface area contributed by atoms with Gasteiger partial charge in [0.15, 0.2) is 0 Å². The van der Waals surface area contributed by atoms with Crippen LogP contribution in [0.4, 0.5) is 13.2 Å². The number of hydrogen-bond donors (Lipinski definition) is 1. The molecule has 0 radical (unpaired) electrons. The molecule has 0 aromatic heterocycles. The Bertz CT molecular complexity index is 1790. The fraction of sp³-hybridized carbons (Fsp3) is 0.250. The summed E-state index contributed by atoms with van der Waals surface area (Å²) in [6.45, 7) is 3.75. The molecule has 0 aliphatic rings. The van der Waals surface area contributed by atoms with Crippen LogP contribution in [0.1, 0.15) is 60.8 Å². The first-order valence-electron chi connectivity index (χ1n) is 15.2. The average molecular weight is 671 g/mol. The van der Waals surface area contributed by atoms with Crippen LogP contribution < -0.4 is 4.74 Å². The van der Waals surface area contributed by atoms with Crippen molar-refractivity contribution in [3.63, 3.8) is 0 Å². The summed E-state index contributed by atoms with van der Waals surface area (Å²) in [5.41, 5.74) is 3.51. The van der Waals surface area contributed by atoms with Gasteiger partial charge in [-0.05, 0) is 84.1 Å². The number of aromatic hydroxyl groups is 1. The second kappa shape index (κ2) is 18.6. The number of alkyl halides is 3. The average Bonchev–Trinajstić information content (AvgIpc) is 3.11. The number of ether oxygens (including phenoxy) is 3. The largest absolute Gasteiger partial charge is 0.508 e. The highest BCUT2D eigenvalue weighted by Crippen LogP contribution is 2.31. The summed E-state index contributed by atoms with van der Waals surface area (Å²) in [6, 6.07) is 26.6. The molecule has 9 heteroatoms. The molecule has 0 bridgehead atoms. The van der Waals surface area contributed by atoms with Gasteiger partial charge in [0.2, 0.25) is 0 Å². The third kappa shape index (κ3) is 12.1. The zero-order valence-electron chi connectivity index (χ0n) is 27.6. The lowest BCUT2D eigenvalue weighted by molar-refractivity contribution is -0.141. The van der Waals surface area contributed by atoms with Crippen LogP contribution in [-0.2, 0) is 31.8 Å². The SMILES string of the molecule is CC#C[C@H](CC(=O)OC)c1ccc(O)cc1.CC#C[C@H](CC(=O)OC)c1ccc(OCc2cccc(-c3ccc(C(F)(F)F)cc3)c2)cc1. The van der Waals surface area contributed by atoms with Crippen molar-refractivity contribution in [2.24, 2.45) is 0 Å². The molecule has 4 rings (SSSR count). The fourth-order valence-corrected chi connectivity index (χ4v) is 4.71. The molecule has 49 heavy (non-hydrogen) atoms. The number of halogens is 3. The Balaban J connectivity index is 0.000000341. The standard InChI is InChI=1S/C27H23F3O3.C13H14O3/c1-3-5-22(17-26(31)32-2)21-10-14-25(15-11-21)33-18-19-6-4-7-23(16-19)20-8-12-24(13-9-20)27(28,29)30;1-3-4-11(9-13(15)16-2)10-5-7-12(14)8-6-10/h4,6-16,22H,17-18H2,1-2H3;5-8,11,14H,9H2,1-2H3/t22-;11-/m11/s1. The molecule has 0 spiro atoms. The van der Waals surface area contributed by atoms with Crippen molar-refractivity contribution in [1.29, 1.82) is 0 Å². The van der Waals surface area contributed by atoms with E-state index in [0.29, 0.717) is 17.9 Å². The Labute approximate surface area is 284 Å². The number of carbonyl (C=O) groups excluding carboxylic acids is 2. The Hall–Kier alpha value is -5.67. The Kier molecular flexibility index (Phi) is 14.4. The van der Waals surface area contributed by atoms with Gasteiger partial charge in [-0.2, -0.15) is 13.2 Å². The minimum absolute atomic E-state index is 0.175. The smallest absolute Gasteiger partial charge is 0.416 e. The molecule has 0 unspecified atom stereocenters. The van der Waals surface area contributed by atoms with Crippen LogP contribution in [0.2, 0.25) is 0 Å². The third-order valence-corrected chi connectivity index (χ3v) is 7.29. The number of hydrogen-bond acceptors (Lipinski definition) is 6. The second-order valence-electron chi connectivity index (χ2n) is 10.7. The van der Waals surface area contributed by atoms with Crippen LogP contribution >= 0.6 is 0 Å². The van der Waals surface area contributed by atoms with Gasteiger partial charge in [0.1, 0.15) is 18.1 Å². The molecule has 0 aliphatic carbocycles. The van der Waals surface area contributed by atoms with E-state index >= 15 is 0 Å². The van der Waals surface area contributed by atoms with Crippen molar-refractivity contribution in [3.05, 3.63) is 119 Å². The predicted octanol–water partition coefficient (Wildman–Crippen LogP) is 8.68. The minimum Gasteiger partial charge on any atom is -0.508 e. The van der Waals surface area contributed by atoms with Crippen LogP contribution in [0.15, 0.2) is 97.1 Å². The van der Waals surface area contributed by atoms with E-state index in [0.717, 1.165) is 34.4 Å². The number of benzene rings is 4. The van der Waals surface area contributed by atoms with Gasteiger partial charge in [-0.3, -0.25) is 9.59 Å². The van der Waals surface area contributed by atoms with E-state index in [9.17, 15) is 22.8 Å². The van der Waals surface area contributed by atoms with E-state index in [1.165, 1.54) is 26.4 Å². The third-order valence-electron chi connectivity index (χ3n) is 7.29. The highest BCUT2D eigenvalue weighted by Gasteiger charge is 2.30. The van der Waals surface area contributed by atoms with Gasteiger partial charge in [-0.15, -0.1) is 11.8 Å². The maximum atomic E-state index is 12.8. The first kappa shape index (κ1) is 37.8. The molecule has 0 aliphatic heterocycles. The van der Waals surface area contributed by atoms with Crippen LogP contribution in [0, 0.1) is 23.7 Å². The van der Waals surface area contributed by atoms with Crippen molar-refractivity contribution in [2.45, 2.75) is 51.3 Å². The molecule has 0 amide bonds. The highest BCUT2D eigenvalue weighted by atomic mass is 19.4. The quantitative estimate of drug-likeness (QED) is 0.134. The molecule has 4 aromatic carbocycles. The highest BCUT2D eigenvalue weighted by molar-refractivity contribution is 5.71. The summed E-state index contributed by atoms with van der Waals surface area (Å²) in [4.78, 5) is 22.8. The first-order chi connectivity index (χ1) is 23.5. The molecule has 6 nitrogen and oxygen atoms in total. The summed E-state index contributed by atoms with van der Waals surface area (Å²) in [6.07, 6.45) is -3.96. The molecule has 254 valence electrons. The van der Waals surface area contributed by atoms with Crippen molar-refractivity contribution >= 4 is 11.9 Å². The van der Waals surface area contributed by atoms with Gasteiger partial charge >= 0.3 is 18.1 Å². The van der Waals surface area contributed by atoms with E-state index in [4.69, 9.17) is 14.6 Å². The summed E-state index contributed by atoms with van der Waals surface area (Å²) in [5, 5.41) is 9.17. The lowest BCUT2D eigenvalue weighted by Crippen LogP contribution is -2.07. The summed E-state index contributed by atoms with van der Waals surface area (Å²) < 4.78 is 53.6. The lowest BCUT2D eigenvalue weighted by Gasteiger charge is -2.12. The normalized spacial score (nSPS) is 11.6. The van der Waals surface area contributed by atoms with Gasteiger partial charge in [0.25, 0.3) is 0 Å². The van der Waals surface area contributed by atoms with Gasteiger partial charge < -0.3 is 19.3 Å². The fourth-order valence-electron chi connectivity index (χ4n) is 4.71. The summed E-state index contributed by atoms with van der Waals surface area (Å²) in [7, 11) is 2.71. The minimum atomic E-state index is -4.35. The predicted molar refractivity (Wildman–Crippen MR) is 181 cm³/mol. The monoisotopic (exact) mass is 670 g/mol. The lowest BCUT2D eigenvalue weighted by atomic mass is 9.96. The van der Waals surface area contributed by atoms with Gasteiger partial charge in [0.05, 0.1) is 44.5 Å². The maximum Gasteiger partial charge on any atom is 0.416 e. The number of carbonyl (C=O) groups is 2. The van der Waals surface area contributed by atoms with Crippen molar-refractivity contribution < 1.29 is 42.1 Å². The number of phenolic OH excluding ortho intramolecular Hbond substituents is 1. The van der Waals surface area contributed by atoms with Crippen molar-refractivity contribution in [3.8, 4) is 46.3 Å². The van der Waals surface area contributed by atoms with E-state index < -0.39 is 11.7 Å². The Morgan fingerprint density at radius 3 is 1.69 bits per heavy atom. The zero-order valence-corrected chi connectivity index (χ0v) is 27.6. The molecule has 0 fully saturated rings. The van der Waals surface area contributed by atoms with Crippen LogP contribution in [0.25, 0.3) is 11.1 Å². The Morgan fingerprint density at radius 1 is 0.714 bits per heavy atom. The molecule has 1 N–H and O–H groups in total. The molecular weight excluding hydrogens is 633 g/mol. The number of methoxy groups -OCH3 is 2. The van der Waals surface area contributed by atoms with Crippen molar-refractivity contribution in [1.82, 2.24) is 0 Å². The molecule has 0 saturated carbocycles. The number of rotatable bonds is 10. The number of phenols is 1. The molecule has 0 heterocycles. The summed E-state index contributed by atoms with van der Waals surface area (Å²) in [5.74, 6) is 11.4. The van der Waals surface area contributed by atoms with Gasteiger partial charge in [-0.1, -0.05) is 66.4 Å². The van der Waals surface area contributed by atoms with E-state index in [2.05, 4.69) is 28.4 Å². The Morgan fingerprint density at radius 2 is 1.22 bits per heavy atom. The summed E-state index contributed by atoms with van der Waals surface area (Å²) >= 11 is 0. The topological polar surface area (TPSA) is 82.1 Å². The first-order valence-corrected chi connectivity index (χ1v) is 15.2. The maximum absolute atomic E-state index is 12.8. The van der Waals surface area contributed by atoms with Crippen LogP contribution in [0.3, 0.4) is 0 Å². The van der Waals surface area contributed by atoms with Gasteiger partial charge in [0, 0.05) is 0 Å². The molecule has 0 saturated heterocycles. The number of esters is 2. The van der Waals surface area contributed by atoms with Crippen LogP contribution in [0.5, 0.6) is 11.5 Å². The van der Waals surface area contributed by atoms with Gasteiger partial charge in [-0.25, -0.2) is 0 Å². The second-order valence-corrected chi connectivity index (χ2v) is 10.7. The van der Waals surface area contributed by atoms with E-state index in [1.54, 1.807) is 38.1 Å². The van der Waals surface area contributed by atoms with E-state index in [-0.39, 0.29) is 42.4 Å².